The first-order chi connectivity index (χ1) is 8.20. The summed E-state index contributed by atoms with van der Waals surface area (Å²) in [6.07, 6.45) is -4.46. The fourth-order valence-corrected chi connectivity index (χ4v) is 1.46. The zero-order chi connectivity index (χ0) is 13.9. The lowest BCUT2D eigenvalue weighted by atomic mass is 10.1. The number of nitrogens with two attached hydrogens (primary N) is 1. The van der Waals surface area contributed by atoms with Crippen LogP contribution >= 0.6 is 11.6 Å². The van der Waals surface area contributed by atoms with Crippen LogP contribution in [0.2, 0.25) is 5.02 Å². The summed E-state index contributed by atoms with van der Waals surface area (Å²) < 4.78 is 37.5. The van der Waals surface area contributed by atoms with E-state index in [4.69, 9.17) is 17.3 Å². The van der Waals surface area contributed by atoms with Crippen LogP contribution in [-0.2, 0) is 11.0 Å². The second kappa shape index (κ2) is 5.48. The van der Waals surface area contributed by atoms with E-state index in [0.717, 1.165) is 12.1 Å². The zero-order valence-electron chi connectivity index (χ0n) is 9.51. The molecule has 100 valence electrons. The van der Waals surface area contributed by atoms with Crippen LogP contribution in [0.4, 0.5) is 18.9 Å². The minimum atomic E-state index is -4.46. The Morgan fingerprint density at radius 3 is 2.56 bits per heavy atom. The highest BCUT2D eigenvalue weighted by molar-refractivity contribution is 6.30. The number of rotatable bonds is 4. The molecule has 1 aromatic rings. The van der Waals surface area contributed by atoms with Crippen molar-refractivity contribution in [3.8, 4) is 0 Å². The van der Waals surface area contributed by atoms with Crippen molar-refractivity contribution < 1.29 is 18.0 Å². The molecule has 0 aliphatic carbocycles. The van der Waals surface area contributed by atoms with Crippen LogP contribution in [0, 0.1) is 5.92 Å². The number of hydrogen-bond acceptors (Lipinski definition) is 2. The minimum Gasteiger partial charge on any atom is -0.384 e. The zero-order valence-corrected chi connectivity index (χ0v) is 10.3. The van der Waals surface area contributed by atoms with Crippen LogP contribution in [0.5, 0.6) is 0 Å². The molecule has 0 aromatic heterocycles. The molecule has 1 amide bonds. The maximum atomic E-state index is 12.5. The fourth-order valence-electron chi connectivity index (χ4n) is 1.23. The lowest BCUT2D eigenvalue weighted by Gasteiger charge is -2.13. The fraction of sp³-hybridized carbons (Fsp3) is 0.364. The smallest absolute Gasteiger partial charge is 0.384 e. The number of carbonyl (C=O) groups excluding carboxylic acids is 1. The first kappa shape index (κ1) is 14.6. The first-order valence-electron chi connectivity index (χ1n) is 5.11. The second-order valence-corrected chi connectivity index (χ2v) is 4.35. The molecule has 0 saturated carbocycles. The van der Waals surface area contributed by atoms with Crippen molar-refractivity contribution in [1.29, 1.82) is 0 Å². The van der Waals surface area contributed by atoms with Gasteiger partial charge in [-0.1, -0.05) is 18.5 Å². The highest BCUT2D eigenvalue weighted by Crippen LogP contribution is 2.33. The molecule has 0 heterocycles. The molecule has 1 aromatic carbocycles. The van der Waals surface area contributed by atoms with E-state index < -0.39 is 23.6 Å². The van der Waals surface area contributed by atoms with Crippen LogP contribution in [0.25, 0.3) is 0 Å². The number of nitrogens with one attached hydrogen (secondary N) is 1. The third-order valence-electron chi connectivity index (χ3n) is 2.32. The first-order valence-corrected chi connectivity index (χ1v) is 5.49. The van der Waals surface area contributed by atoms with E-state index in [2.05, 4.69) is 5.32 Å². The van der Waals surface area contributed by atoms with Crippen molar-refractivity contribution in [2.75, 3.05) is 11.9 Å². The largest absolute Gasteiger partial charge is 0.416 e. The van der Waals surface area contributed by atoms with Crippen molar-refractivity contribution >= 4 is 23.2 Å². The van der Waals surface area contributed by atoms with E-state index in [9.17, 15) is 18.0 Å². The van der Waals surface area contributed by atoms with Gasteiger partial charge in [-0.05, 0) is 18.2 Å². The lowest BCUT2D eigenvalue weighted by molar-refractivity contribution is -0.137. The molecule has 0 aliphatic heterocycles. The molecule has 3 nitrogen and oxygen atoms in total. The summed E-state index contributed by atoms with van der Waals surface area (Å²) >= 11 is 5.60. The van der Waals surface area contributed by atoms with Gasteiger partial charge >= 0.3 is 6.18 Å². The van der Waals surface area contributed by atoms with Gasteiger partial charge in [0.2, 0.25) is 5.91 Å². The van der Waals surface area contributed by atoms with Gasteiger partial charge in [-0.25, -0.2) is 0 Å². The van der Waals surface area contributed by atoms with Crippen LogP contribution in [0.15, 0.2) is 18.2 Å². The topological polar surface area (TPSA) is 55.1 Å². The van der Waals surface area contributed by atoms with Crippen molar-refractivity contribution in [3.63, 3.8) is 0 Å². The summed E-state index contributed by atoms with van der Waals surface area (Å²) in [5.41, 5.74) is 4.40. The van der Waals surface area contributed by atoms with Gasteiger partial charge in [0, 0.05) is 17.3 Å². The molecular formula is C11H12ClF3N2O. The molecule has 1 rings (SSSR count). The quantitative estimate of drug-likeness (QED) is 0.891. The van der Waals surface area contributed by atoms with Crippen LogP contribution in [0.1, 0.15) is 12.5 Å². The standard InChI is InChI=1S/C11H12ClF3N2O/c1-6(10(16)18)5-17-9-3-7(11(13,14)15)2-8(12)4-9/h2-4,6,17H,5H2,1H3,(H2,16,18). The molecular weight excluding hydrogens is 269 g/mol. The Hall–Kier alpha value is -1.43. The van der Waals surface area contributed by atoms with Crippen LogP contribution < -0.4 is 11.1 Å². The lowest BCUT2D eigenvalue weighted by Crippen LogP contribution is -2.26. The van der Waals surface area contributed by atoms with Crippen molar-refractivity contribution in [2.45, 2.75) is 13.1 Å². The van der Waals surface area contributed by atoms with Gasteiger partial charge < -0.3 is 11.1 Å². The molecule has 18 heavy (non-hydrogen) atoms. The maximum Gasteiger partial charge on any atom is 0.416 e. The molecule has 0 bridgehead atoms. The average Bonchev–Trinajstić information content (AvgIpc) is 2.23. The van der Waals surface area contributed by atoms with Crippen LogP contribution in [0.3, 0.4) is 0 Å². The molecule has 0 fully saturated rings. The Balaban J connectivity index is 2.84. The molecule has 0 radical (unpaired) electrons. The van der Waals surface area contributed by atoms with E-state index in [0.29, 0.717) is 0 Å². The normalized spacial score (nSPS) is 13.2. The average molecular weight is 281 g/mol. The minimum absolute atomic E-state index is 0.0287. The number of primary amides is 1. The number of halogens is 4. The number of benzene rings is 1. The summed E-state index contributed by atoms with van der Waals surface area (Å²) in [7, 11) is 0. The summed E-state index contributed by atoms with van der Waals surface area (Å²) in [6, 6.07) is 3.12. The number of carbonyl (C=O) groups is 1. The van der Waals surface area contributed by atoms with Gasteiger partial charge in [0.25, 0.3) is 0 Å². The third kappa shape index (κ3) is 4.10. The number of alkyl halides is 3. The van der Waals surface area contributed by atoms with E-state index >= 15 is 0 Å². The molecule has 0 saturated heterocycles. The summed E-state index contributed by atoms with van der Waals surface area (Å²) in [5, 5.41) is 2.67. The molecule has 0 spiro atoms. The highest BCUT2D eigenvalue weighted by Gasteiger charge is 2.31. The number of anilines is 1. The Morgan fingerprint density at radius 1 is 1.44 bits per heavy atom. The van der Waals surface area contributed by atoms with Crippen LogP contribution in [-0.4, -0.2) is 12.5 Å². The Labute approximate surface area is 107 Å². The van der Waals surface area contributed by atoms with E-state index in [1.165, 1.54) is 6.07 Å². The Morgan fingerprint density at radius 2 is 2.06 bits per heavy atom. The Bertz CT molecular complexity index is 448. The van der Waals surface area contributed by atoms with Gasteiger partial charge in [-0.3, -0.25) is 4.79 Å². The van der Waals surface area contributed by atoms with E-state index in [1.54, 1.807) is 6.92 Å². The molecule has 7 heteroatoms. The van der Waals surface area contributed by atoms with Crippen molar-refractivity contribution in [1.82, 2.24) is 0 Å². The van der Waals surface area contributed by atoms with E-state index in [1.807, 2.05) is 0 Å². The van der Waals surface area contributed by atoms with Crippen molar-refractivity contribution in [2.24, 2.45) is 11.7 Å². The summed E-state index contributed by atoms with van der Waals surface area (Å²) in [4.78, 5) is 10.8. The third-order valence-corrected chi connectivity index (χ3v) is 2.54. The van der Waals surface area contributed by atoms with Crippen molar-refractivity contribution in [3.05, 3.63) is 28.8 Å². The SMILES string of the molecule is CC(CNc1cc(Cl)cc(C(F)(F)F)c1)C(N)=O. The van der Waals surface area contributed by atoms with Gasteiger partial charge in [0.05, 0.1) is 11.5 Å². The molecule has 3 N–H and O–H groups in total. The maximum absolute atomic E-state index is 12.5. The Kier molecular flexibility index (Phi) is 4.45. The van der Waals surface area contributed by atoms with Gasteiger partial charge in [0.1, 0.15) is 0 Å². The van der Waals surface area contributed by atoms with Gasteiger partial charge in [-0.15, -0.1) is 0 Å². The summed E-state index contributed by atoms with van der Waals surface area (Å²) in [5.74, 6) is -1.01. The predicted octanol–water partition coefficient (Wildman–Crippen LogP) is 2.89. The second-order valence-electron chi connectivity index (χ2n) is 3.91. The highest BCUT2D eigenvalue weighted by atomic mass is 35.5. The molecule has 1 unspecified atom stereocenters. The number of amides is 1. The van der Waals surface area contributed by atoms with Gasteiger partial charge in [0.15, 0.2) is 0 Å². The predicted molar refractivity (Wildman–Crippen MR) is 63.3 cm³/mol. The molecule has 0 aliphatic rings. The van der Waals surface area contributed by atoms with Gasteiger partial charge in [-0.2, -0.15) is 13.2 Å². The van der Waals surface area contributed by atoms with E-state index in [-0.39, 0.29) is 17.3 Å². The molecule has 1 atom stereocenters. The summed E-state index contributed by atoms with van der Waals surface area (Å²) in [6.45, 7) is 1.72. The number of hydrogen-bond donors (Lipinski definition) is 2. The monoisotopic (exact) mass is 280 g/mol.